The van der Waals surface area contributed by atoms with Crippen molar-refractivity contribution in [3.63, 3.8) is 0 Å². The lowest BCUT2D eigenvalue weighted by molar-refractivity contribution is -0.115. The number of benzene rings is 2. The minimum atomic E-state index is 0.00858. The van der Waals surface area contributed by atoms with Crippen LogP contribution in [0.25, 0.3) is 5.69 Å². The Bertz CT molecular complexity index is 972. The molecule has 27 heavy (non-hydrogen) atoms. The highest BCUT2D eigenvalue weighted by atomic mass is 35.5. The van der Waals surface area contributed by atoms with Gasteiger partial charge in [-0.1, -0.05) is 35.5 Å². The molecule has 0 fully saturated rings. The molecule has 2 aromatic carbocycles. The Morgan fingerprint density at radius 1 is 1.19 bits per heavy atom. The van der Waals surface area contributed by atoms with Crippen molar-refractivity contribution in [2.75, 3.05) is 11.1 Å². The van der Waals surface area contributed by atoms with Crippen molar-refractivity contribution >= 4 is 35.0 Å². The first-order valence-electron chi connectivity index (χ1n) is 8.89. The van der Waals surface area contributed by atoms with Crippen LogP contribution in [-0.2, 0) is 17.6 Å². The van der Waals surface area contributed by atoms with Gasteiger partial charge in [0, 0.05) is 22.9 Å². The maximum absolute atomic E-state index is 12.3. The van der Waals surface area contributed by atoms with Gasteiger partial charge in [0.25, 0.3) is 0 Å². The van der Waals surface area contributed by atoms with E-state index in [1.807, 2.05) is 34.9 Å². The van der Waals surface area contributed by atoms with Crippen molar-refractivity contribution in [1.82, 2.24) is 14.8 Å². The highest BCUT2D eigenvalue weighted by molar-refractivity contribution is 7.99. The highest BCUT2D eigenvalue weighted by Gasteiger charge is 2.13. The van der Waals surface area contributed by atoms with E-state index in [1.165, 1.54) is 29.3 Å². The molecule has 0 radical (unpaired) electrons. The molecule has 5 nitrogen and oxygen atoms in total. The lowest BCUT2D eigenvalue weighted by Gasteiger charge is -2.08. The number of nitrogens with zero attached hydrogens (tertiary/aromatic N) is 3. The van der Waals surface area contributed by atoms with Gasteiger partial charge < -0.3 is 5.32 Å². The van der Waals surface area contributed by atoms with Crippen LogP contribution in [0.1, 0.15) is 24.0 Å². The third-order valence-corrected chi connectivity index (χ3v) is 5.73. The van der Waals surface area contributed by atoms with Gasteiger partial charge in [0.05, 0.1) is 5.69 Å². The number of nitrogens with one attached hydrogen (secondary N) is 1. The molecule has 138 valence electrons. The van der Waals surface area contributed by atoms with E-state index in [9.17, 15) is 4.79 Å². The first-order valence-corrected chi connectivity index (χ1v) is 10.3. The fourth-order valence-corrected chi connectivity index (χ4v) is 4.29. The first-order chi connectivity index (χ1) is 13.2. The Morgan fingerprint density at radius 3 is 2.96 bits per heavy atom. The second-order valence-electron chi connectivity index (χ2n) is 6.45. The zero-order valence-corrected chi connectivity index (χ0v) is 16.3. The van der Waals surface area contributed by atoms with E-state index < -0.39 is 0 Å². The van der Waals surface area contributed by atoms with Gasteiger partial charge in [-0.05, 0) is 60.7 Å². The van der Waals surface area contributed by atoms with E-state index >= 15 is 0 Å². The fourth-order valence-electron chi connectivity index (χ4n) is 3.23. The van der Waals surface area contributed by atoms with Crippen molar-refractivity contribution in [3.8, 4) is 5.69 Å². The largest absolute Gasteiger partial charge is 0.326 e. The van der Waals surface area contributed by atoms with E-state index in [-0.39, 0.29) is 5.91 Å². The molecule has 0 bridgehead atoms. The Balaban J connectivity index is 1.33. The van der Waals surface area contributed by atoms with Crippen LogP contribution in [0.3, 0.4) is 0 Å². The zero-order chi connectivity index (χ0) is 18.6. The van der Waals surface area contributed by atoms with E-state index in [0.29, 0.717) is 17.2 Å². The molecule has 1 amide bonds. The highest BCUT2D eigenvalue weighted by Crippen LogP contribution is 2.25. The number of amides is 1. The molecule has 0 aliphatic heterocycles. The van der Waals surface area contributed by atoms with Gasteiger partial charge in [-0.25, -0.2) is 0 Å². The average Bonchev–Trinajstić information content (AvgIpc) is 3.30. The van der Waals surface area contributed by atoms with Crippen molar-refractivity contribution in [2.45, 2.75) is 30.8 Å². The van der Waals surface area contributed by atoms with Gasteiger partial charge in [-0.15, -0.1) is 10.2 Å². The molecule has 1 N–H and O–H groups in total. The standard InChI is InChI=1S/C20H19ClN4OS/c21-16-5-2-6-18(12-16)25-13-22-24-20(25)27-10-9-19(26)23-17-8-7-14-3-1-4-15(14)11-17/h2,5-8,11-13H,1,3-4,9-10H2,(H,23,26). The molecule has 1 heterocycles. The molecule has 0 atom stereocenters. The molecule has 1 aromatic heterocycles. The predicted octanol–water partition coefficient (Wildman–Crippen LogP) is 4.53. The van der Waals surface area contributed by atoms with Gasteiger partial charge in [0.15, 0.2) is 5.16 Å². The molecular weight excluding hydrogens is 380 g/mol. The lowest BCUT2D eigenvalue weighted by atomic mass is 10.1. The molecule has 0 saturated heterocycles. The van der Waals surface area contributed by atoms with Gasteiger partial charge >= 0.3 is 0 Å². The van der Waals surface area contributed by atoms with E-state index in [0.717, 1.165) is 29.4 Å². The molecule has 1 aliphatic rings. The van der Waals surface area contributed by atoms with Crippen LogP contribution in [0, 0.1) is 0 Å². The van der Waals surface area contributed by atoms with Crippen LogP contribution in [0.15, 0.2) is 53.9 Å². The van der Waals surface area contributed by atoms with Crippen LogP contribution in [0.5, 0.6) is 0 Å². The number of carbonyl (C=O) groups is 1. The lowest BCUT2D eigenvalue weighted by Crippen LogP contribution is -2.12. The Labute approximate surface area is 167 Å². The molecule has 3 aromatic rings. The number of rotatable bonds is 6. The number of hydrogen-bond donors (Lipinski definition) is 1. The summed E-state index contributed by atoms with van der Waals surface area (Å²) < 4.78 is 1.87. The Morgan fingerprint density at radius 2 is 2.07 bits per heavy atom. The molecule has 1 aliphatic carbocycles. The maximum atomic E-state index is 12.3. The number of carbonyl (C=O) groups excluding carboxylic acids is 1. The van der Waals surface area contributed by atoms with Crippen LogP contribution < -0.4 is 5.32 Å². The van der Waals surface area contributed by atoms with E-state index in [1.54, 1.807) is 6.33 Å². The van der Waals surface area contributed by atoms with E-state index in [2.05, 4.69) is 27.6 Å². The molecule has 0 unspecified atom stereocenters. The van der Waals surface area contributed by atoms with Gasteiger partial charge in [-0.2, -0.15) is 0 Å². The summed E-state index contributed by atoms with van der Waals surface area (Å²) in [5.41, 5.74) is 4.55. The van der Waals surface area contributed by atoms with Gasteiger partial charge in [0.1, 0.15) is 6.33 Å². The monoisotopic (exact) mass is 398 g/mol. The topological polar surface area (TPSA) is 59.8 Å². The summed E-state index contributed by atoms with van der Waals surface area (Å²) in [6, 6.07) is 13.7. The van der Waals surface area contributed by atoms with Crippen LogP contribution in [-0.4, -0.2) is 26.4 Å². The number of hydrogen-bond acceptors (Lipinski definition) is 4. The Kier molecular flexibility index (Phi) is 5.45. The summed E-state index contributed by atoms with van der Waals surface area (Å²) in [6.07, 6.45) is 5.51. The molecule has 0 saturated carbocycles. The predicted molar refractivity (Wildman–Crippen MR) is 109 cm³/mol. The van der Waals surface area contributed by atoms with Gasteiger partial charge in [-0.3, -0.25) is 9.36 Å². The third-order valence-electron chi connectivity index (χ3n) is 4.55. The minimum Gasteiger partial charge on any atom is -0.326 e. The van der Waals surface area contributed by atoms with Crippen LogP contribution >= 0.6 is 23.4 Å². The van der Waals surface area contributed by atoms with Gasteiger partial charge in [0.2, 0.25) is 5.91 Å². The van der Waals surface area contributed by atoms with Crippen LogP contribution in [0.4, 0.5) is 5.69 Å². The average molecular weight is 399 g/mol. The summed E-state index contributed by atoms with van der Waals surface area (Å²) in [6.45, 7) is 0. The van der Waals surface area contributed by atoms with E-state index in [4.69, 9.17) is 11.6 Å². The molecule has 0 spiro atoms. The molecule has 7 heteroatoms. The summed E-state index contributed by atoms with van der Waals surface area (Å²) in [5.74, 6) is 0.630. The number of aromatic nitrogens is 3. The number of halogens is 1. The molecule has 4 rings (SSSR count). The van der Waals surface area contributed by atoms with Crippen molar-refractivity contribution < 1.29 is 4.79 Å². The zero-order valence-electron chi connectivity index (χ0n) is 14.7. The Hall–Kier alpha value is -2.31. The van der Waals surface area contributed by atoms with Crippen molar-refractivity contribution in [2.24, 2.45) is 0 Å². The smallest absolute Gasteiger partial charge is 0.225 e. The third kappa shape index (κ3) is 4.34. The number of aryl methyl sites for hydroxylation is 2. The maximum Gasteiger partial charge on any atom is 0.225 e. The number of thioether (sulfide) groups is 1. The van der Waals surface area contributed by atoms with Crippen molar-refractivity contribution in [1.29, 1.82) is 0 Å². The molecular formula is C20H19ClN4OS. The van der Waals surface area contributed by atoms with Crippen molar-refractivity contribution in [3.05, 3.63) is 64.9 Å². The fraction of sp³-hybridized carbons (Fsp3) is 0.250. The SMILES string of the molecule is O=C(CCSc1nncn1-c1cccc(Cl)c1)Nc1ccc2c(c1)CCC2. The summed E-state index contributed by atoms with van der Waals surface area (Å²) in [4.78, 5) is 12.3. The number of anilines is 1. The summed E-state index contributed by atoms with van der Waals surface area (Å²) in [7, 11) is 0. The second kappa shape index (κ2) is 8.15. The normalized spacial score (nSPS) is 12.8. The first kappa shape index (κ1) is 18.1. The summed E-state index contributed by atoms with van der Waals surface area (Å²) in [5, 5.41) is 12.5. The summed E-state index contributed by atoms with van der Waals surface area (Å²) >= 11 is 7.56. The minimum absolute atomic E-state index is 0.00858. The van der Waals surface area contributed by atoms with Crippen LogP contribution in [0.2, 0.25) is 5.02 Å². The second-order valence-corrected chi connectivity index (χ2v) is 7.95. The quantitative estimate of drug-likeness (QED) is 0.619. The number of fused-ring (bicyclic) bond motifs is 1.